The van der Waals surface area contributed by atoms with E-state index in [0.29, 0.717) is 28.6 Å². The van der Waals surface area contributed by atoms with Crippen molar-refractivity contribution in [3.05, 3.63) is 63.1 Å². The Balaban J connectivity index is 1.57. The molecule has 3 atom stereocenters. The van der Waals surface area contributed by atoms with Crippen molar-refractivity contribution in [3.63, 3.8) is 0 Å². The Bertz CT molecular complexity index is 1040. The van der Waals surface area contributed by atoms with E-state index < -0.39 is 6.04 Å². The van der Waals surface area contributed by atoms with Gasteiger partial charge in [-0.2, -0.15) is 0 Å². The summed E-state index contributed by atoms with van der Waals surface area (Å²) >= 11 is 12.2. The fourth-order valence-electron chi connectivity index (χ4n) is 5.27. The van der Waals surface area contributed by atoms with Gasteiger partial charge in [-0.1, -0.05) is 29.3 Å². The van der Waals surface area contributed by atoms with Crippen molar-refractivity contribution in [2.75, 3.05) is 13.7 Å². The van der Waals surface area contributed by atoms with Gasteiger partial charge in [0.05, 0.1) is 29.2 Å². The standard InChI is InChI=1S/C23H22Cl2N2O3/c1-30-15-6-7-16-13(11-15)9-10-26-21(16)19-3-2-4-20(23(26)29)27(19)22(28)14-5-8-17(24)18(25)12-14/h5-8,11-12,19-21H,2-4,9-10H2,1H3. The van der Waals surface area contributed by atoms with Gasteiger partial charge in [0.25, 0.3) is 5.91 Å². The molecule has 5 nitrogen and oxygen atoms in total. The van der Waals surface area contributed by atoms with Crippen molar-refractivity contribution in [2.24, 2.45) is 0 Å². The quantitative estimate of drug-likeness (QED) is 0.684. The highest BCUT2D eigenvalue weighted by atomic mass is 35.5. The number of halogens is 2. The Labute approximate surface area is 185 Å². The van der Waals surface area contributed by atoms with Crippen LogP contribution in [0.15, 0.2) is 36.4 Å². The minimum absolute atomic E-state index is 0.0471. The van der Waals surface area contributed by atoms with Crippen molar-refractivity contribution in [2.45, 2.75) is 43.8 Å². The third-order valence-electron chi connectivity index (χ3n) is 6.63. The molecule has 156 valence electrons. The van der Waals surface area contributed by atoms with Crippen molar-refractivity contribution in [1.29, 1.82) is 0 Å². The number of methoxy groups -OCH3 is 1. The summed E-state index contributed by atoms with van der Waals surface area (Å²) in [4.78, 5) is 30.8. The molecule has 0 aliphatic carbocycles. The first-order valence-corrected chi connectivity index (χ1v) is 11.0. The zero-order valence-electron chi connectivity index (χ0n) is 16.6. The summed E-state index contributed by atoms with van der Waals surface area (Å²) in [7, 11) is 1.66. The number of hydrogen-bond donors (Lipinski definition) is 0. The molecule has 3 aliphatic heterocycles. The highest BCUT2D eigenvalue weighted by molar-refractivity contribution is 6.42. The lowest BCUT2D eigenvalue weighted by atomic mass is 9.78. The van der Waals surface area contributed by atoms with Gasteiger partial charge < -0.3 is 14.5 Å². The topological polar surface area (TPSA) is 49.9 Å². The van der Waals surface area contributed by atoms with Crippen LogP contribution in [0, 0.1) is 0 Å². The maximum Gasteiger partial charge on any atom is 0.254 e. The monoisotopic (exact) mass is 444 g/mol. The summed E-state index contributed by atoms with van der Waals surface area (Å²) in [5, 5.41) is 0.747. The maximum atomic E-state index is 13.5. The number of hydrogen-bond acceptors (Lipinski definition) is 3. The summed E-state index contributed by atoms with van der Waals surface area (Å²) in [6, 6.07) is 10.3. The van der Waals surface area contributed by atoms with Gasteiger partial charge >= 0.3 is 0 Å². The summed E-state index contributed by atoms with van der Waals surface area (Å²) in [6.07, 6.45) is 3.29. The molecule has 3 heterocycles. The van der Waals surface area contributed by atoms with Crippen molar-refractivity contribution in [3.8, 4) is 5.75 Å². The third kappa shape index (κ3) is 2.98. The first-order chi connectivity index (χ1) is 14.5. The molecule has 0 spiro atoms. The molecular formula is C23H22Cl2N2O3. The van der Waals surface area contributed by atoms with E-state index in [1.54, 1.807) is 25.3 Å². The van der Waals surface area contributed by atoms with Gasteiger partial charge in [-0.05, 0) is 67.1 Å². The minimum Gasteiger partial charge on any atom is -0.497 e. The first kappa shape index (κ1) is 19.7. The number of rotatable bonds is 2. The number of piperidine rings is 1. The van der Waals surface area contributed by atoms with E-state index in [4.69, 9.17) is 27.9 Å². The van der Waals surface area contributed by atoms with Gasteiger partial charge in [-0.25, -0.2) is 0 Å². The number of piperazine rings is 1. The fraction of sp³-hybridized carbons (Fsp3) is 0.391. The predicted molar refractivity (Wildman–Crippen MR) is 115 cm³/mol. The van der Waals surface area contributed by atoms with E-state index >= 15 is 0 Å². The van der Waals surface area contributed by atoms with Gasteiger partial charge in [-0.3, -0.25) is 9.59 Å². The Morgan fingerprint density at radius 3 is 2.70 bits per heavy atom. The SMILES string of the molecule is COc1ccc2c(c1)CCN1C(=O)C3CCCC(C21)N3C(=O)c1ccc(Cl)c(Cl)c1. The van der Waals surface area contributed by atoms with E-state index in [1.165, 1.54) is 5.56 Å². The molecule has 2 amide bonds. The molecular weight excluding hydrogens is 423 g/mol. The number of benzene rings is 2. The van der Waals surface area contributed by atoms with E-state index in [0.717, 1.165) is 30.6 Å². The van der Waals surface area contributed by atoms with Gasteiger partial charge in [0.1, 0.15) is 11.8 Å². The second kappa shape index (κ2) is 7.47. The van der Waals surface area contributed by atoms with E-state index in [-0.39, 0.29) is 23.9 Å². The van der Waals surface area contributed by atoms with Crippen LogP contribution in [0.4, 0.5) is 0 Å². The van der Waals surface area contributed by atoms with E-state index in [9.17, 15) is 9.59 Å². The summed E-state index contributed by atoms with van der Waals surface area (Å²) in [6.45, 7) is 0.672. The average molecular weight is 445 g/mol. The zero-order chi connectivity index (χ0) is 21.0. The molecule has 0 N–H and O–H groups in total. The highest BCUT2D eigenvalue weighted by Gasteiger charge is 2.52. The lowest BCUT2D eigenvalue weighted by Crippen LogP contribution is -2.67. The first-order valence-electron chi connectivity index (χ1n) is 10.2. The second-order valence-electron chi connectivity index (χ2n) is 8.15. The van der Waals surface area contributed by atoms with Gasteiger partial charge in [0, 0.05) is 12.1 Å². The normalized spacial score (nSPS) is 24.9. The molecule has 30 heavy (non-hydrogen) atoms. The molecule has 3 unspecified atom stereocenters. The smallest absolute Gasteiger partial charge is 0.254 e. The molecule has 2 fully saturated rings. The molecule has 0 radical (unpaired) electrons. The van der Waals surface area contributed by atoms with E-state index in [1.807, 2.05) is 15.9 Å². The van der Waals surface area contributed by atoms with Gasteiger partial charge in [0.15, 0.2) is 0 Å². The van der Waals surface area contributed by atoms with E-state index in [2.05, 4.69) is 12.1 Å². The van der Waals surface area contributed by atoms with Crippen LogP contribution in [-0.2, 0) is 11.2 Å². The maximum absolute atomic E-state index is 13.5. The highest BCUT2D eigenvalue weighted by Crippen LogP contribution is 2.45. The van der Waals surface area contributed by atoms with Crippen LogP contribution in [0.1, 0.15) is 46.8 Å². The largest absolute Gasteiger partial charge is 0.497 e. The molecule has 3 aliphatic rings. The molecule has 7 heteroatoms. The summed E-state index contributed by atoms with van der Waals surface area (Å²) < 4.78 is 5.39. The predicted octanol–water partition coefficient (Wildman–Crippen LogP) is 4.50. The second-order valence-corrected chi connectivity index (χ2v) is 8.96. The van der Waals surface area contributed by atoms with Crippen LogP contribution in [-0.4, -0.2) is 47.4 Å². The van der Waals surface area contributed by atoms with Gasteiger partial charge in [-0.15, -0.1) is 0 Å². The Kier molecular flexibility index (Phi) is 4.91. The molecule has 2 aromatic carbocycles. The van der Waals surface area contributed by atoms with Crippen molar-refractivity contribution < 1.29 is 14.3 Å². The molecule has 2 aromatic rings. The van der Waals surface area contributed by atoms with Gasteiger partial charge in [0.2, 0.25) is 5.91 Å². The number of ether oxygens (including phenoxy) is 1. The van der Waals surface area contributed by atoms with Crippen LogP contribution >= 0.6 is 23.2 Å². The third-order valence-corrected chi connectivity index (χ3v) is 7.37. The van der Waals surface area contributed by atoms with Crippen molar-refractivity contribution >= 4 is 35.0 Å². The molecule has 0 saturated carbocycles. The Morgan fingerprint density at radius 1 is 1.10 bits per heavy atom. The molecule has 2 saturated heterocycles. The molecule has 5 rings (SSSR count). The average Bonchev–Trinajstić information content (AvgIpc) is 2.77. The number of fused-ring (bicyclic) bond motifs is 6. The summed E-state index contributed by atoms with van der Waals surface area (Å²) in [5.41, 5.74) is 2.77. The number of amides is 2. The van der Waals surface area contributed by atoms with Crippen LogP contribution in [0.2, 0.25) is 10.0 Å². The van der Waals surface area contributed by atoms with Crippen LogP contribution < -0.4 is 4.74 Å². The number of nitrogens with zero attached hydrogens (tertiary/aromatic N) is 2. The number of carbonyl (C=O) groups excluding carboxylic acids is 2. The molecule has 0 aromatic heterocycles. The minimum atomic E-state index is -0.415. The lowest BCUT2D eigenvalue weighted by Gasteiger charge is -2.55. The number of carbonyl (C=O) groups is 2. The summed E-state index contributed by atoms with van der Waals surface area (Å²) in [5.74, 6) is 0.706. The Hall–Kier alpha value is -2.24. The molecule has 2 bridgehead atoms. The fourth-order valence-corrected chi connectivity index (χ4v) is 5.57. The Morgan fingerprint density at radius 2 is 1.93 bits per heavy atom. The van der Waals surface area contributed by atoms with Crippen LogP contribution in [0.25, 0.3) is 0 Å². The van der Waals surface area contributed by atoms with Crippen LogP contribution in [0.5, 0.6) is 5.75 Å². The van der Waals surface area contributed by atoms with Crippen molar-refractivity contribution in [1.82, 2.24) is 9.80 Å². The lowest BCUT2D eigenvalue weighted by molar-refractivity contribution is -0.152. The zero-order valence-corrected chi connectivity index (χ0v) is 18.1. The van der Waals surface area contributed by atoms with Crippen LogP contribution in [0.3, 0.4) is 0 Å².